The molecule has 142 valence electrons. The van der Waals surface area contributed by atoms with E-state index in [0.29, 0.717) is 35.2 Å². The highest BCUT2D eigenvalue weighted by Crippen LogP contribution is 2.34. The molecule has 7 nitrogen and oxygen atoms in total. The number of thiophene rings is 1. The lowest BCUT2D eigenvalue weighted by Crippen LogP contribution is -2.28. The molecule has 0 spiro atoms. The fourth-order valence-electron chi connectivity index (χ4n) is 2.69. The van der Waals surface area contributed by atoms with E-state index >= 15 is 0 Å². The van der Waals surface area contributed by atoms with Crippen LogP contribution in [0.25, 0.3) is 11.0 Å². The van der Waals surface area contributed by atoms with Gasteiger partial charge in [-0.1, -0.05) is 12.1 Å². The second-order valence-corrected chi connectivity index (χ2v) is 6.78. The average Bonchev–Trinajstić information content (AvgIpc) is 3.32. The Hall–Kier alpha value is -3.46. The van der Waals surface area contributed by atoms with Crippen LogP contribution in [-0.2, 0) is 6.42 Å². The first-order valence-electron chi connectivity index (χ1n) is 8.52. The first kappa shape index (κ1) is 17.9. The minimum absolute atomic E-state index is 0.296. The third-order valence-corrected chi connectivity index (χ3v) is 4.78. The molecule has 3 heterocycles. The third kappa shape index (κ3) is 4.09. The zero-order valence-electron chi connectivity index (χ0n) is 14.6. The van der Waals surface area contributed by atoms with Crippen molar-refractivity contribution in [3.63, 3.8) is 0 Å². The summed E-state index contributed by atoms with van der Waals surface area (Å²) in [6.45, 7) is 0.340. The van der Waals surface area contributed by atoms with Gasteiger partial charge in [0.1, 0.15) is 23.6 Å². The summed E-state index contributed by atoms with van der Waals surface area (Å²) in [5, 5.41) is 8.91. The van der Waals surface area contributed by atoms with Crippen LogP contribution in [-0.4, -0.2) is 27.6 Å². The number of nitrogens with one attached hydrogen (secondary N) is 3. The number of aromatic nitrogens is 3. The molecule has 4 rings (SSSR count). The van der Waals surface area contributed by atoms with Crippen LogP contribution < -0.4 is 15.4 Å². The summed E-state index contributed by atoms with van der Waals surface area (Å²) >= 11 is 1.29. The summed E-state index contributed by atoms with van der Waals surface area (Å²) in [6.07, 6.45) is 3.17. The van der Waals surface area contributed by atoms with E-state index in [1.54, 1.807) is 24.4 Å². The molecule has 1 amide bonds. The highest BCUT2D eigenvalue weighted by atomic mass is 32.1. The van der Waals surface area contributed by atoms with E-state index in [2.05, 4.69) is 25.6 Å². The number of carbonyl (C=O) groups is 1. The minimum Gasteiger partial charge on any atom is -0.397 e. The van der Waals surface area contributed by atoms with E-state index in [0.717, 1.165) is 10.9 Å². The van der Waals surface area contributed by atoms with Crippen LogP contribution >= 0.6 is 11.3 Å². The Labute approximate surface area is 163 Å². The quantitative estimate of drug-likeness (QED) is 0.453. The highest BCUT2D eigenvalue weighted by molar-refractivity contribution is 7.12. The van der Waals surface area contributed by atoms with E-state index in [4.69, 9.17) is 4.74 Å². The lowest BCUT2D eigenvalue weighted by Gasteiger charge is -2.09. The fourth-order valence-corrected chi connectivity index (χ4v) is 3.39. The molecule has 0 saturated heterocycles. The lowest BCUT2D eigenvalue weighted by molar-refractivity contribution is 0.202. The Kier molecular flexibility index (Phi) is 5.16. The van der Waals surface area contributed by atoms with Crippen LogP contribution in [0.3, 0.4) is 0 Å². The molecule has 0 bridgehead atoms. The fraction of sp³-hybridized carbons (Fsp3) is 0.105. The van der Waals surface area contributed by atoms with Gasteiger partial charge in [-0.3, -0.25) is 0 Å². The van der Waals surface area contributed by atoms with Crippen molar-refractivity contribution in [2.24, 2.45) is 0 Å². The van der Waals surface area contributed by atoms with Crippen LogP contribution in [0.5, 0.6) is 5.06 Å². The molecule has 0 saturated carbocycles. The van der Waals surface area contributed by atoms with Crippen molar-refractivity contribution in [1.82, 2.24) is 20.3 Å². The van der Waals surface area contributed by atoms with Gasteiger partial charge in [-0.2, -0.15) is 0 Å². The van der Waals surface area contributed by atoms with E-state index in [1.165, 1.54) is 29.8 Å². The Balaban J connectivity index is 1.36. The second-order valence-electron chi connectivity index (χ2n) is 5.91. The Morgan fingerprint density at radius 1 is 1.25 bits per heavy atom. The molecular weight excluding hydrogens is 381 g/mol. The predicted octanol–water partition coefficient (Wildman–Crippen LogP) is 4.23. The molecule has 28 heavy (non-hydrogen) atoms. The number of benzene rings is 1. The van der Waals surface area contributed by atoms with Crippen molar-refractivity contribution in [1.29, 1.82) is 0 Å². The van der Waals surface area contributed by atoms with Gasteiger partial charge in [-0.25, -0.2) is 19.2 Å². The van der Waals surface area contributed by atoms with E-state index in [-0.39, 0.29) is 5.82 Å². The summed E-state index contributed by atoms with van der Waals surface area (Å²) in [5.74, 6) is 0.316. The van der Waals surface area contributed by atoms with Gasteiger partial charge in [0, 0.05) is 12.7 Å². The normalized spacial score (nSPS) is 10.8. The molecule has 4 aromatic rings. The molecule has 9 heteroatoms. The number of ether oxygens (including phenoxy) is 1. The summed E-state index contributed by atoms with van der Waals surface area (Å²) < 4.78 is 18.6. The summed E-state index contributed by atoms with van der Waals surface area (Å²) in [5.41, 5.74) is 2.15. The van der Waals surface area contributed by atoms with Gasteiger partial charge in [-0.05, 0) is 41.6 Å². The molecule has 3 N–H and O–H groups in total. The zero-order chi connectivity index (χ0) is 19.3. The minimum atomic E-state index is -0.573. The predicted molar refractivity (Wildman–Crippen MR) is 106 cm³/mol. The van der Waals surface area contributed by atoms with Crippen molar-refractivity contribution in [2.45, 2.75) is 6.42 Å². The maximum absolute atomic E-state index is 13.2. The van der Waals surface area contributed by atoms with Crippen molar-refractivity contribution in [2.75, 3.05) is 11.9 Å². The van der Waals surface area contributed by atoms with Gasteiger partial charge < -0.3 is 20.4 Å². The largest absolute Gasteiger partial charge is 0.413 e. The summed E-state index contributed by atoms with van der Waals surface area (Å²) in [4.78, 5) is 23.5. The van der Waals surface area contributed by atoms with Gasteiger partial charge in [-0.15, -0.1) is 11.3 Å². The Bertz CT molecular complexity index is 1110. The number of amides is 1. The number of hydrogen-bond acceptors (Lipinski definition) is 6. The zero-order valence-corrected chi connectivity index (χ0v) is 15.4. The molecule has 0 aliphatic rings. The lowest BCUT2D eigenvalue weighted by atomic mass is 10.1. The van der Waals surface area contributed by atoms with Gasteiger partial charge in [0.25, 0.3) is 0 Å². The number of fused-ring (bicyclic) bond motifs is 1. The standard InChI is InChI=1S/C19H16FN5O2S/c20-13-3-1-2-12(10-13)4-7-22-19(26)27-18-15(6-9-28-18)25-17-14-5-8-21-16(14)23-11-24-17/h1-3,5-6,8-11H,4,7H2,(H,22,26)(H2,21,23,24,25). The molecule has 0 unspecified atom stereocenters. The first-order chi connectivity index (χ1) is 13.7. The first-order valence-corrected chi connectivity index (χ1v) is 9.40. The number of nitrogens with zero attached hydrogens (tertiary/aromatic N) is 2. The van der Waals surface area contributed by atoms with Gasteiger partial charge in [0.2, 0.25) is 5.06 Å². The van der Waals surface area contributed by atoms with Crippen LogP contribution in [0.2, 0.25) is 0 Å². The van der Waals surface area contributed by atoms with Crippen molar-refractivity contribution < 1.29 is 13.9 Å². The smallest absolute Gasteiger partial charge is 0.397 e. The number of aromatic amines is 1. The Morgan fingerprint density at radius 2 is 2.18 bits per heavy atom. The van der Waals surface area contributed by atoms with Crippen LogP contribution in [0, 0.1) is 5.82 Å². The van der Waals surface area contributed by atoms with E-state index < -0.39 is 6.09 Å². The molecule has 0 fully saturated rings. The summed E-state index contributed by atoms with van der Waals surface area (Å²) in [6, 6.07) is 9.94. The number of hydrogen-bond donors (Lipinski definition) is 3. The van der Waals surface area contributed by atoms with Crippen LogP contribution in [0.1, 0.15) is 5.56 Å². The monoisotopic (exact) mass is 397 g/mol. The summed E-state index contributed by atoms with van der Waals surface area (Å²) in [7, 11) is 0. The topological polar surface area (TPSA) is 91.9 Å². The van der Waals surface area contributed by atoms with E-state index in [9.17, 15) is 9.18 Å². The molecule has 0 aliphatic heterocycles. The maximum atomic E-state index is 13.2. The van der Waals surface area contributed by atoms with Crippen molar-refractivity contribution in [3.8, 4) is 5.06 Å². The SMILES string of the molecule is O=C(NCCc1cccc(F)c1)Oc1sccc1Nc1ncnc2[nH]ccc12. The number of H-pyrrole nitrogens is 1. The van der Waals surface area contributed by atoms with Crippen LogP contribution in [0.15, 0.2) is 54.3 Å². The molecule has 0 radical (unpaired) electrons. The van der Waals surface area contributed by atoms with Crippen LogP contribution in [0.4, 0.5) is 20.7 Å². The highest BCUT2D eigenvalue weighted by Gasteiger charge is 2.13. The molecule has 0 aliphatic carbocycles. The number of rotatable bonds is 6. The number of anilines is 2. The average molecular weight is 397 g/mol. The number of halogens is 1. The molecule has 1 aromatic carbocycles. The molecular formula is C19H16FN5O2S. The van der Waals surface area contributed by atoms with Crippen molar-refractivity contribution >= 4 is 40.0 Å². The van der Waals surface area contributed by atoms with Gasteiger partial charge in [0.15, 0.2) is 0 Å². The number of carbonyl (C=O) groups excluding carboxylic acids is 1. The Morgan fingerprint density at radius 3 is 3.07 bits per heavy atom. The molecule has 3 aromatic heterocycles. The van der Waals surface area contributed by atoms with Gasteiger partial charge in [0.05, 0.1) is 11.1 Å². The third-order valence-electron chi connectivity index (χ3n) is 3.99. The molecule has 0 atom stereocenters. The second kappa shape index (κ2) is 8.05. The van der Waals surface area contributed by atoms with E-state index in [1.807, 2.05) is 11.4 Å². The van der Waals surface area contributed by atoms with Gasteiger partial charge >= 0.3 is 6.09 Å². The van der Waals surface area contributed by atoms with Crippen molar-refractivity contribution in [3.05, 3.63) is 65.7 Å². The maximum Gasteiger partial charge on any atom is 0.413 e.